The molecule has 0 N–H and O–H groups in total. The summed E-state index contributed by atoms with van der Waals surface area (Å²) < 4.78 is 5.93. The van der Waals surface area contributed by atoms with Crippen LogP contribution < -0.4 is 0 Å². The number of rotatable bonds is 2. The molecule has 1 saturated heterocycles. The van der Waals surface area contributed by atoms with Crippen molar-refractivity contribution in [2.45, 2.75) is 84.8 Å². The maximum atomic E-state index is 9.65. The van der Waals surface area contributed by atoms with E-state index in [-0.39, 0.29) is 5.41 Å². The Labute approximate surface area is 118 Å². The van der Waals surface area contributed by atoms with Crippen molar-refractivity contribution in [2.75, 3.05) is 0 Å². The van der Waals surface area contributed by atoms with Gasteiger partial charge in [-0.2, -0.15) is 5.26 Å². The Hall–Kier alpha value is -0.550. The molecule has 1 saturated carbocycles. The van der Waals surface area contributed by atoms with E-state index in [1.54, 1.807) is 0 Å². The van der Waals surface area contributed by atoms with Crippen LogP contribution >= 0.6 is 0 Å². The molecule has 19 heavy (non-hydrogen) atoms. The number of ether oxygens (including phenoxy) is 1. The van der Waals surface area contributed by atoms with Gasteiger partial charge in [-0.05, 0) is 63.2 Å². The molecule has 0 amide bonds. The molecule has 0 aromatic heterocycles. The molecule has 1 heterocycles. The third-order valence-electron chi connectivity index (χ3n) is 5.34. The summed E-state index contributed by atoms with van der Waals surface area (Å²) >= 11 is 0. The largest absolute Gasteiger partial charge is 0.375 e. The molecule has 1 aliphatic heterocycles. The lowest BCUT2D eigenvalue weighted by Gasteiger charge is -2.41. The van der Waals surface area contributed by atoms with E-state index in [0.29, 0.717) is 17.6 Å². The first-order valence-electron chi connectivity index (χ1n) is 7.91. The van der Waals surface area contributed by atoms with Crippen LogP contribution in [0.4, 0.5) is 0 Å². The maximum absolute atomic E-state index is 9.65. The highest BCUT2D eigenvalue weighted by atomic mass is 16.5. The van der Waals surface area contributed by atoms with E-state index in [1.807, 2.05) is 0 Å². The van der Waals surface area contributed by atoms with Crippen molar-refractivity contribution >= 4 is 0 Å². The fourth-order valence-electron chi connectivity index (χ4n) is 3.87. The summed E-state index contributed by atoms with van der Waals surface area (Å²) in [4.78, 5) is 0. The molecular weight excluding hydrogens is 234 g/mol. The van der Waals surface area contributed by atoms with Gasteiger partial charge in [-0.15, -0.1) is 0 Å². The standard InChI is InChI=1S/C17H29NO/c1-13-5-6-15(19-13)11-17(12-18)9-7-14(8-10-17)16(2,3)4/h13-15H,5-11H2,1-4H3. The molecule has 0 aromatic carbocycles. The predicted molar refractivity (Wildman–Crippen MR) is 77.6 cm³/mol. The van der Waals surface area contributed by atoms with E-state index in [1.165, 1.54) is 12.8 Å². The SMILES string of the molecule is CC1CCC(CC2(C#N)CCC(C(C)(C)C)CC2)O1. The van der Waals surface area contributed by atoms with Crippen LogP contribution in [0.5, 0.6) is 0 Å². The molecule has 2 nitrogen and oxygen atoms in total. The molecule has 0 radical (unpaired) electrons. The van der Waals surface area contributed by atoms with E-state index in [9.17, 15) is 5.26 Å². The fourth-order valence-corrected chi connectivity index (χ4v) is 3.87. The molecule has 2 unspecified atom stereocenters. The van der Waals surface area contributed by atoms with E-state index in [4.69, 9.17) is 4.74 Å². The third-order valence-corrected chi connectivity index (χ3v) is 5.34. The van der Waals surface area contributed by atoms with Crippen LogP contribution in [-0.2, 0) is 4.74 Å². The first-order valence-corrected chi connectivity index (χ1v) is 7.91. The van der Waals surface area contributed by atoms with Crippen molar-refractivity contribution in [3.05, 3.63) is 0 Å². The van der Waals surface area contributed by atoms with Crippen LogP contribution in [0.2, 0.25) is 0 Å². The van der Waals surface area contributed by atoms with Crippen molar-refractivity contribution in [3.63, 3.8) is 0 Å². The second-order valence-electron chi connectivity index (χ2n) is 7.88. The summed E-state index contributed by atoms with van der Waals surface area (Å²) in [7, 11) is 0. The molecular formula is C17H29NO. The molecule has 0 aromatic rings. The van der Waals surface area contributed by atoms with E-state index < -0.39 is 0 Å². The van der Waals surface area contributed by atoms with Gasteiger partial charge in [0.2, 0.25) is 0 Å². The van der Waals surface area contributed by atoms with Crippen LogP contribution in [0.25, 0.3) is 0 Å². The average molecular weight is 263 g/mol. The Morgan fingerprint density at radius 2 is 1.79 bits per heavy atom. The summed E-state index contributed by atoms with van der Waals surface area (Å²) in [5, 5.41) is 9.65. The minimum Gasteiger partial charge on any atom is -0.375 e. The first kappa shape index (κ1) is 14.9. The minimum absolute atomic E-state index is 0.101. The lowest BCUT2D eigenvalue weighted by Crippen LogP contribution is -2.34. The lowest BCUT2D eigenvalue weighted by atomic mass is 9.63. The van der Waals surface area contributed by atoms with Gasteiger partial charge >= 0.3 is 0 Å². The van der Waals surface area contributed by atoms with Crippen LogP contribution in [0.3, 0.4) is 0 Å². The van der Waals surface area contributed by atoms with Crippen molar-refractivity contribution in [2.24, 2.45) is 16.7 Å². The summed E-state index contributed by atoms with van der Waals surface area (Å²) in [6.07, 6.45) is 8.56. The summed E-state index contributed by atoms with van der Waals surface area (Å²) in [6, 6.07) is 2.65. The van der Waals surface area contributed by atoms with Crippen molar-refractivity contribution in [3.8, 4) is 6.07 Å². The quantitative estimate of drug-likeness (QED) is 0.724. The smallest absolute Gasteiger partial charge is 0.0690 e. The molecule has 1 aliphatic carbocycles. The molecule has 2 rings (SSSR count). The van der Waals surface area contributed by atoms with E-state index in [0.717, 1.165) is 38.0 Å². The second-order valence-corrected chi connectivity index (χ2v) is 7.88. The van der Waals surface area contributed by atoms with Crippen molar-refractivity contribution in [1.82, 2.24) is 0 Å². The maximum Gasteiger partial charge on any atom is 0.0690 e. The molecule has 2 atom stereocenters. The highest BCUT2D eigenvalue weighted by Gasteiger charge is 2.41. The molecule has 0 spiro atoms. The van der Waals surface area contributed by atoms with Gasteiger partial charge in [-0.3, -0.25) is 0 Å². The predicted octanol–water partition coefficient (Wildman–Crippen LogP) is 4.69. The van der Waals surface area contributed by atoms with Crippen molar-refractivity contribution < 1.29 is 4.74 Å². The summed E-state index contributed by atoms with van der Waals surface area (Å²) in [6.45, 7) is 9.14. The van der Waals surface area contributed by atoms with Gasteiger partial charge in [-0.1, -0.05) is 20.8 Å². The topological polar surface area (TPSA) is 33.0 Å². The fraction of sp³-hybridized carbons (Fsp3) is 0.941. The molecule has 2 aliphatic rings. The average Bonchev–Trinajstić information content (AvgIpc) is 2.74. The Morgan fingerprint density at radius 1 is 1.16 bits per heavy atom. The Morgan fingerprint density at radius 3 is 2.21 bits per heavy atom. The van der Waals surface area contributed by atoms with Crippen LogP contribution in [-0.4, -0.2) is 12.2 Å². The Kier molecular flexibility index (Phi) is 4.26. The van der Waals surface area contributed by atoms with Gasteiger partial charge in [0, 0.05) is 0 Å². The zero-order valence-electron chi connectivity index (χ0n) is 13.0. The highest BCUT2D eigenvalue weighted by molar-refractivity contribution is 5.04. The van der Waals surface area contributed by atoms with E-state index >= 15 is 0 Å². The zero-order valence-corrected chi connectivity index (χ0v) is 13.0. The van der Waals surface area contributed by atoms with Crippen LogP contribution in [0, 0.1) is 28.1 Å². The zero-order chi connectivity index (χ0) is 14.1. The molecule has 0 bridgehead atoms. The molecule has 2 fully saturated rings. The number of nitriles is 1. The van der Waals surface area contributed by atoms with Gasteiger partial charge in [0.25, 0.3) is 0 Å². The monoisotopic (exact) mass is 263 g/mol. The molecule has 108 valence electrons. The lowest BCUT2D eigenvalue weighted by molar-refractivity contribution is 0.0156. The van der Waals surface area contributed by atoms with Gasteiger partial charge in [0.15, 0.2) is 0 Å². The van der Waals surface area contributed by atoms with Gasteiger partial charge in [0.05, 0.1) is 23.7 Å². The number of hydrogen-bond donors (Lipinski definition) is 0. The third kappa shape index (κ3) is 3.51. The Bertz CT molecular complexity index is 341. The Balaban J connectivity index is 1.93. The number of nitrogens with zero attached hydrogens (tertiary/aromatic N) is 1. The van der Waals surface area contributed by atoms with E-state index in [2.05, 4.69) is 33.8 Å². The summed E-state index contributed by atoms with van der Waals surface area (Å²) in [5.41, 5.74) is 0.288. The molecule has 2 heteroatoms. The van der Waals surface area contributed by atoms with Gasteiger partial charge in [-0.25, -0.2) is 0 Å². The minimum atomic E-state index is -0.101. The normalized spacial score (nSPS) is 40.1. The second kappa shape index (κ2) is 5.44. The van der Waals surface area contributed by atoms with Crippen LogP contribution in [0.1, 0.15) is 72.6 Å². The highest BCUT2D eigenvalue weighted by Crippen LogP contribution is 2.48. The van der Waals surface area contributed by atoms with Gasteiger partial charge in [0.1, 0.15) is 0 Å². The van der Waals surface area contributed by atoms with Crippen LogP contribution in [0.15, 0.2) is 0 Å². The summed E-state index contributed by atoms with van der Waals surface area (Å²) in [5.74, 6) is 0.775. The van der Waals surface area contributed by atoms with Crippen molar-refractivity contribution in [1.29, 1.82) is 5.26 Å². The number of hydrogen-bond acceptors (Lipinski definition) is 2. The first-order chi connectivity index (χ1) is 8.85. The van der Waals surface area contributed by atoms with Gasteiger partial charge < -0.3 is 4.74 Å².